The molecule has 2 N–H and O–H groups in total. The highest BCUT2D eigenvalue weighted by Crippen LogP contribution is 1.77. The van der Waals surface area contributed by atoms with E-state index in [9.17, 15) is 0 Å². The molecule has 0 amide bonds. The van der Waals surface area contributed by atoms with Crippen molar-refractivity contribution in [3.05, 3.63) is 6.67 Å². The van der Waals surface area contributed by atoms with Crippen LogP contribution in [-0.2, 0) is 0 Å². The number of hydrogen-bond donors (Lipinski definition) is 2. The van der Waals surface area contributed by atoms with Crippen LogP contribution in [0.5, 0.6) is 0 Å². The van der Waals surface area contributed by atoms with E-state index in [2.05, 4.69) is 10.6 Å². The first-order valence-electron chi connectivity index (χ1n) is 1.74. The Bertz CT molecular complexity index is 63.2. The third-order valence-electron chi connectivity index (χ3n) is 0.598. The average Bonchev–Trinajstić information content (AvgIpc) is 1.86. The maximum absolute atomic E-state index is 4.71. The van der Waals surface area contributed by atoms with Crippen LogP contribution in [0.15, 0.2) is 0 Å². The topological polar surface area (TPSA) is 24.1 Å². The maximum atomic E-state index is 4.71. The first-order chi connectivity index (χ1) is 2.89. The predicted octanol–water partition coefficient (Wildman–Crippen LogP) is -0.374. The van der Waals surface area contributed by atoms with Crippen molar-refractivity contribution < 1.29 is 0 Å². The first-order valence-corrected chi connectivity index (χ1v) is 2.15. The van der Waals surface area contributed by atoms with Gasteiger partial charge in [-0.1, -0.05) is 12.2 Å². The highest BCUT2D eigenvalue weighted by Gasteiger charge is 2.00. The van der Waals surface area contributed by atoms with Crippen molar-refractivity contribution in [3.63, 3.8) is 0 Å². The molecule has 1 fully saturated rings. The molecular weight excluding hydrogens is 96.1 g/mol. The van der Waals surface area contributed by atoms with Gasteiger partial charge in [-0.05, 0) is 0 Å². The minimum Gasteiger partial charge on any atom is -0.360 e. The Labute approximate surface area is 41.9 Å². The van der Waals surface area contributed by atoms with Gasteiger partial charge in [0, 0.05) is 6.54 Å². The average molecular weight is 101 g/mol. The summed E-state index contributed by atoms with van der Waals surface area (Å²) in [7, 11) is 0. The molecule has 3 heteroatoms. The number of nitrogens with one attached hydrogen (secondary N) is 2. The van der Waals surface area contributed by atoms with Crippen LogP contribution in [0.1, 0.15) is 0 Å². The molecule has 1 heterocycles. The summed E-state index contributed by atoms with van der Waals surface area (Å²) in [5.41, 5.74) is 0. The molecule has 1 aliphatic heterocycles. The molecule has 0 aliphatic carbocycles. The molecule has 0 aromatic rings. The van der Waals surface area contributed by atoms with Crippen LogP contribution in [0.4, 0.5) is 0 Å². The Kier molecular flexibility index (Phi) is 1.03. The summed E-state index contributed by atoms with van der Waals surface area (Å²) in [6, 6.07) is 0. The van der Waals surface area contributed by atoms with Gasteiger partial charge in [0.05, 0.1) is 4.99 Å². The molecule has 0 spiro atoms. The first kappa shape index (κ1) is 4.02. The summed E-state index contributed by atoms with van der Waals surface area (Å²) in [6.45, 7) is 2.54. The van der Waals surface area contributed by atoms with Crippen molar-refractivity contribution in [2.45, 2.75) is 0 Å². The van der Waals surface area contributed by atoms with Gasteiger partial charge in [0.25, 0.3) is 0 Å². The second-order valence-electron chi connectivity index (χ2n) is 1.09. The zero-order valence-corrected chi connectivity index (χ0v) is 4.01. The molecule has 1 radical (unpaired) electrons. The molecule has 1 rings (SSSR count). The minimum absolute atomic E-state index is 0.801. The van der Waals surface area contributed by atoms with Crippen molar-refractivity contribution >= 4 is 17.2 Å². The third-order valence-corrected chi connectivity index (χ3v) is 0.860. The summed E-state index contributed by atoms with van der Waals surface area (Å²) in [4.78, 5) is 0.870. The Morgan fingerprint density at radius 1 is 1.83 bits per heavy atom. The van der Waals surface area contributed by atoms with Crippen LogP contribution >= 0.6 is 12.2 Å². The van der Waals surface area contributed by atoms with Gasteiger partial charge < -0.3 is 5.32 Å². The molecule has 1 saturated heterocycles. The summed E-state index contributed by atoms with van der Waals surface area (Å²) < 4.78 is 0. The molecule has 33 valence electrons. The fourth-order valence-electron chi connectivity index (χ4n) is 0.326. The largest absolute Gasteiger partial charge is 0.360 e. The van der Waals surface area contributed by atoms with Crippen molar-refractivity contribution in [3.8, 4) is 0 Å². The van der Waals surface area contributed by atoms with Gasteiger partial charge in [-0.2, -0.15) is 0 Å². The normalized spacial score (nSPS) is 21.0. The molecule has 0 aromatic carbocycles. The van der Waals surface area contributed by atoms with Crippen LogP contribution in [0.3, 0.4) is 0 Å². The van der Waals surface area contributed by atoms with Crippen molar-refractivity contribution in [1.29, 1.82) is 0 Å². The van der Waals surface area contributed by atoms with Crippen LogP contribution in [-0.4, -0.2) is 11.5 Å². The number of hydrogen-bond acceptors (Lipinski definition) is 2. The zero-order valence-electron chi connectivity index (χ0n) is 3.19. The van der Waals surface area contributed by atoms with Crippen LogP contribution in [0, 0.1) is 6.67 Å². The van der Waals surface area contributed by atoms with E-state index < -0.39 is 0 Å². The van der Waals surface area contributed by atoms with Gasteiger partial charge in [-0.15, -0.1) is 0 Å². The van der Waals surface area contributed by atoms with Gasteiger partial charge in [0.15, 0.2) is 0 Å². The van der Waals surface area contributed by atoms with E-state index in [-0.39, 0.29) is 0 Å². The molecule has 6 heavy (non-hydrogen) atoms. The molecule has 1 aliphatic rings. The monoisotopic (exact) mass is 101 g/mol. The fraction of sp³-hybridized carbons (Fsp3) is 0.333. The predicted molar refractivity (Wildman–Crippen MR) is 28.0 cm³/mol. The third kappa shape index (κ3) is 0.666. The standard InChI is InChI=1S/C3H5N2S/c6-3-1-4-2-5-3/h2,4H,1H2,(H,5,6). The van der Waals surface area contributed by atoms with E-state index in [1.807, 2.05) is 0 Å². The second-order valence-corrected chi connectivity index (χ2v) is 1.59. The molecule has 0 aromatic heterocycles. The van der Waals surface area contributed by atoms with Crippen LogP contribution in [0.25, 0.3) is 0 Å². The molecule has 0 unspecified atom stereocenters. The van der Waals surface area contributed by atoms with Gasteiger partial charge in [0.2, 0.25) is 0 Å². The number of thiocarbonyl (C=S) groups is 1. The maximum Gasteiger partial charge on any atom is 0.112 e. The van der Waals surface area contributed by atoms with E-state index in [1.54, 1.807) is 6.67 Å². The fourth-order valence-corrected chi connectivity index (χ4v) is 0.469. The van der Waals surface area contributed by atoms with E-state index in [0.717, 1.165) is 11.5 Å². The van der Waals surface area contributed by atoms with E-state index >= 15 is 0 Å². The lowest BCUT2D eigenvalue weighted by Crippen LogP contribution is -2.09. The van der Waals surface area contributed by atoms with Crippen molar-refractivity contribution in [1.82, 2.24) is 10.6 Å². The Balaban J connectivity index is 2.37. The Morgan fingerprint density at radius 3 is 2.83 bits per heavy atom. The number of rotatable bonds is 0. The smallest absolute Gasteiger partial charge is 0.112 e. The van der Waals surface area contributed by atoms with Crippen molar-refractivity contribution in [2.75, 3.05) is 6.54 Å². The summed E-state index contributed by atoms with van der Waals surface area (Å²) >= 11 is 4.71. The SMILES string of the molecule is S=C1CN[CH]N1. The Morgan fingerprint density at radius 2 is 2.67 bits per heavy atom. The van der Waals surface area contributed by atoms with E-state index in [0.29, 0.717) is 0 Å². The lowest BCUT2D eigenvalue weighted by molar-refractivity contribution is 0.946. The molecule has 0 atom stereocenters. The summed E-state index contributed by atoms with van der Waals surface area (Å²) in [5.74, 6) is 0. The highest BCUT2D eigenvalue weighted by molar-refractivity contribution is 7.80. The van der Waals surface area contributed by atoms with Gasteiger partial charge in [-0.3, -0.25) is 5.32 Å². The van der Waals surface area contributed by atoms with Gasteiger partial charge >= 0.3 is 0 Å². The van der Waals surface area contributed by atoms with Crippen LogP contribution < -0.4 is 10.6 Å². The summed E-state index contributed by atoms with van der Waals surface area (Å²) in [6.07, 6.45) is 0. The molecular formula is C3H5N2S. The van der Waals surface area contributed by atoms with Crippen molar-refractivity contribution in [2.24, 2.45) is 0 Å². The lowest BCUT2D eigenvalue weighted by Gasteiger charge is -1.81. The lowest BCUT2D eigenvalue weighted by atomic mass is 10.7. The highest BCUT2D eigenvalue weighted by atomic mass is 32.1. The Hall–Kier alpha value is -0.150. The second kappa shape index (κ2) is 1.53. The van der Waals surface area contributed by atoms with E-state index in [1.165, 1.54) is 0 Å². The van der Waals surface area contributed by atoms with Gasteiger partial charge in [-0.25, -0.2) is 0 Å². The quantitative estimate of drug-likeness (QED) is 0.407. The molecule has 0 saturated carbocycles. The summed E-state index contributed by atoms with van der Waals surface area (Å²) in [5, 5.41) is 5.71. The van der Waals surface area contributed by atoms with Gasteiger partial charge in [0.1, 0.15) is 6.67 Å². The zero-order chi connectivity index (χ0) is 4.41. The molecule has 2 nitrogen and oxygen atoms in total. The van der Waals surface area contributed by atoms with E-state index in [4.69, 9.17) is 12.2 Å². The molecule has 0 bridgehead atoms. The minimum atomic E-state index is 0.801. The van der Waals surface area contributed by atoms with Crippen LogP contribution in [0.2, 0.25) is 0 Å².